The summed E-state index contributed by atoms with van der Waals surface area (Å²) in [7, 11) is 1.73. The number of nitrogens with one attached hydrogen (secondary N) is 1. The second kappa shape index (κ2) is 7.41. The molecule has 1 aromatic heterocycles. The van der Waals surface area contributed by atoms with E-state index in [-0.39, 0.29) is 18.2 Å². The van der Waals surface area contributed by atoms with Gasteiger partial charge in [-0.15, -0.1) is 0 Å². The fourth-order valence-corrected chi connectivity index (χ4v) is 2.55. The predicted octanol–water partition coefficient (Wildman–Crippen LogP) is 2.29. The van der Waals surface area contributed by atoms with Gasteiger partial charge in [-0.25, -0.2) is 0 Å². The quantitative estimate of drug-likeness (QED) is 0.723. The molecule has 0 bridgehead atoms. The minimum atomic E-state index is -0.853. The molecule has 0 aliphatic carbocycles. The van der Waals surface area contributed by atoms with Crippen LogP contribution in [-0.4, -0.2) is 33.5 Å². The summed E-state index contributed by atoms with van der Waals surface area (Å²) >= 11 is 0. The van der Waals surface area contributed by atoms with Gasteiger partial charge in [-0.1, -0.05) is 26.7 Å². The molecule has 5 heteroatoms. The molecule has 1 amide bonds. The number of aliphatic hydroxyl groups is 1. The highest BCUT2D eigenvalue weighted by atomic mass is 16.3. The lowest BCUT2D eigenvalue weighted by atomic mass is 9.92. The number of carbonyl (C=O) groups is 2. The molecule has 0 saturated heterocycles. The number of nitrogens with zero attached hydrogens (tertiary/aromatic N) is 1. The zero-order chi connectivity index (χ0) is 16.0. The van der Waals surface area contributed by atoms with E-state index in [0.717, 1.165) is 12.8 Å². The SMILES string of the molecule is CCCC(O)(CCC)CNC(=O)c1cc(C(C)=O)cn1C. The molecule has 0 aliphatic heterocycles. The Morgan fingerprint density at radius 2 is 1.86 bits per heavy atom. The Hall–Kier alpha value is -1.62. The van der Waals surface area contributed by atoms with Crippen LogP contribution in [0.2, 0.25) is 0 Å². The van der Waals surface area contributed by atoms with Gasteiger partial charge >= 0.3 is 0 Å². The second-order valence-corrected chi connectivity index (χ2v) is 5.69. The molecule has 0 spiro atoms. The predicted molar refractivity (Wildman–Crippen MR) is 82.5 cm³/mol. The maximum atomic E-state index is 12.2. The number of hydrogen-bond acceptors (Lipinski definition) is 3. The van der Waals surface area contributed by atoms with Gasteiger partial charge in [-0.2, -0.15) is 0 Å². The molecule has 0 atom stereocenters. The van der Waals surface area contributed by atoms with Crippen LogP contribution >= 0.6 is 0 Å². The van der Waals surface area contributed by atoms with Crippen LogP contribution in [0.15, 0.2) is 12.3 Å². The molecule has 118 valence electrons. The van der Waals surface area contributed by atoms with Gasteiger partial charge in [0.05, 0.1) is 5.60 Å². The molecule has 1 heterocycles. The van der Waals surface area contributed by atoms with Gasteiger partial charge in [0, 0.05) is 25.4 Å². The van der Waals surface area contributed by atoms with Crippen LogP contribution in [0.5, 0.6) is 0 Å². The van der Waals surface area contributed by atoms with E-state index in [4.69, 9.17) is 0 Å². The van der Waals surface area contributed by atoms with Crippen molar-refractivity contribution in [1.82, 2.24) is 9.88 Å². The smallest absolute Gasteiger partial charge is 0.268 e. The van der Waals surface area contributed by atoms with Crippen molar-refractivity contribution in [2.45, 2.75) is 52.1 Å². The van der Waals surface area contributed by atoms with Crippen LogP contribution in [0, 0.1) is 0 Å². The largest absolute Gasteiger partial charge is 0.388 e. The normalized spacial score (nSPS) is 11.5. The van der Waals surface area contributed by atoms with Gasteiger partial charge in [0.15, 0.2) is 5.78 Å². The summed E-state index contributed by atoms with van der Waals surface area (Å²) < 4.78 is 1.63. The van der Waals surface area contributed by atoms with E-state index in [1.165, 1.54) is 6.92 Å². The molecular weight excluding hydrogens is 268 g/mol. The Morgan fingerprint density at radius 3 is 2.29 bits per heavy atom. The highest BCUT2D eigenvalue weighted by Gasteiger charge is 2.26. The van der Waals surface area contributed by atoms with Gasteiger partial charge in [-0.05, 0) is 25.8 Å². The van der Waals surface area contributed by atoms with Crippen LogP contribution in [0.1, 0.15) is 67.3 Å². The monoisotopic (exact) mass is 294 g/mol. The van der Waals surface area contributed by atoms with Gasteiger partial charge in [0.1, 0.15) is 5.69 Å². The molecule has 0 saturated carbocycles. The van der Waals surface area contributed by atoms with Crippen LogP contribution in [-0.2, 0) is 7.05 Å². The Kier molecular flexibility index (Phi) is 6.15. The van der Waals surface area contributed by atoms with E-state index in [2.05, 4.69) is 5.32 Å². The van der Waals surface area contributed by atoms with Crippen LogP contribution in [0.4, 0.5) is 0 Å². The first-order valence-corrected chi connectivity index (χ1v) is 7.51. The molecule has 5 nitrogen and oxygen atoms in total. The molecule has 1 aromatic rings. The first-order valence-electron chi connectivity index (χ1n) is 7.51. The third kappa shape index (κ3) is 4.70. The average molecular weight is 294 g/mol. The highest BCUT2D eigenvalue weighted by Crippen LogP contribution is 2.18. The summed E-state index contributed by atoms with van der Waals surface area (Å²) in [5, 5.41) is 13.3. The van der Waals surface area contributed by atoms with Crippen LogP contribution in [0.25, 0.3) is 0 Å². The standard InChI is InChI=1S/C16H26N2O3/c1-5-7-16(21,8-6-2)11-17-15(20)14-9-13(12(3)19)10-18(14)4/h9-10,21H,5-8,11H2,1-4H3,(H,17,20). The molecule has 0 radical (unpaired) electrons. The van der Waals surface area contributed by atoms with Crippen molar-refractivity contribution in [2.75, 3.05) is 6.54 Å². The number of ketones is 1. The van der Waals surface area contributed by atoms with Crippen molar-refractivity contribution in [3.8, 4) is 0 Å². The molecule has 1 rings (SSSR count). The zero-order valence-corrected chi connectivity index (χ0v) is 13.4. The summed E-state index contributed by atoms with van der Waals surface area (Å²) in [6, 6.07) is 1.58. The third-order valence-corrected chi connectivity index (χ3v) is 3.65. The molecule has 21 heavy (non-hydrogen) atoms. The van der Waals surface area contributed by atoms with Gasteiger partial charge in [-0.3, -0.25) is 9.59 Å². The maximum absolute atomic E-state index is 12.2. The average Bonchev–Trinajstić information content (AvgIpc) is 2.79. The number of aromatic nitrogens is 1. The summed E-state index contributed by atoms with van der Waals surface area (Å²) in [6.07, 6.45) is 4.69. The number of Topliss-reactive ketones (excluding diaryl/α,β-unsaturated/α-hetero) is 1. The van der Waals surface area contributed by atoms with Crippen LogP contribution < -0.4 is 5.32 Å². The van der Waals surface area contributed by atoms with Crippen molar-refractivity contribution in [3.63, 3.8) is 0 Å². The summed E-state index contributed by atoms with van der Waals surface area (Å²) in [4.78, 5) is 23.5. The fourth-order valence-electron chi connectivity index (χ4n) is 2.55. The summed E-state index contributed by atoms with van der Waals surface area (Å²) in [5.74, 6) is -0.339. The van der Waals surface area contributed by atoms with Crippen molar-refractivity contribution in [3.05, 3.63) is 23.5 Å². The third-order valence-electron chi connectivity index (χ3n) is 3.65. The molecule has 2 N–H and O–H groups in total. The molecule has 0 fully saturated rings. The first kappa shape index (κ1) is 17.4. The summed E-state index contributed by atoms with van der Waals surface area (Å²) in [5.41, 5.74) is 0.0869. The van der Waals surface area contributed by atoms with E-state index >= 15 is 0 Å². The number of aryl methyl sites for hydroxylation is 1. The zero-order valence-electron chi connectivity index (χ0n) is 13.4. The topological polar surface area (TPSA) is 71.3 Å². The highest BCUT2D eigenvalue weighted by molar-refractivity contribution is 5.99. The van der Waals surface area contributed by atoms with Gasteiger partial charge < -0.3 is 15.0 Å². The molecule has 0 aromatic carbocycles. The van der Waals surface area contributed by atoms with E-state index in [0.29, 0.717) is 24.1 Å². The lowest BCUT2D eigenvalue weighted by Gasteiger charge is -2.27. The molecular formula is C16H26N2O3. The van der Waals surface area contributed by atoms with Crippen molar-refractivity contribution >= 4 is 11.7 Å². The van der Waals surface area contributed by atoms with Crippen molar-refractivity contribution in [1.29, 1.82) is 0 Å². The number of amides is 1. The van der Waals surface area contributed by atoms with E-state index in [9.17, 15) is 14.7 Å². The number of carbonyl (C=O) groups excluding carboxylic acids is 2. The number of hydrogen-bond donors (Lipinski definition) is 2. The van der Waals surface area contributed by atoms with E-state index in [1.54, 1.807) is 23.9 Å². The number of rotatable bonds is 8. The summed E-state index contributed by atoms with van der Waals surface area (Å²) in [6.45, 7) is 5.73. The Morgan fingerprint density at radius 1 is 1.29 bits per heavy atom. The van der Waals surface area contributed by atoms with Crippen molar-refractivity contribution < 1.29 is 14.7 Å². The fraction of sp³-hybridized carbons (Fsp3) is 0.625. The first-order chi connectivity index (χ1) is 9.83. The van der Waals surface area contributed by atoms with Crippen LogP contribution in [0.3, 0.4) is 0 Å². The minimum absolute atomic E-state index is 0.0712. The molecule has 0 unspecified atom stereocenters. The van der Waals surface area contributed by atoms with Gasteiger partial charge in [0.25, 0.3) is 5.91 Å². The second-order valence-electron chi connectivity index (χ2n) is 5.69. The van der Waals surface area contributed by atoms with Crippen molar-refractivity contribution in [2.24, 2.45) is 7.05 Å². The van der Waals surface area contributed by atoms with Gasteiger partial charge in [0.2, 0.25) is 0 Å². The Balaban J connectivity index is 2.74. The van der Waals surface area contributed by atoms with E-state index < -0.39 is 5.60 Å². The minimum Gasteiger partial charge on any atom is -0.388 e. The Bertz CT molecular complexity index is 500. The lowest BCUT2D eigenvalue weighted by Crippen LogP contribution is -2.43. The van der Waals surface area contributed by atoms with E-state index in [1.807, 2.05) is 13.8 Å². The molecule has 0 aliphatic rings. The lowest BCUT2D eigenvalue weighted by molar-refractivity contribution is 0.0212. The maximum Gasteiger partial charge on any atom is 0.268 e. The Labute approximate surface area is 126 Å².